The molecule has 5 heteroatoms. The first-order valence-electron chi connectivity index (χ1n) is 9.11. The lowest BCUT2D eigenvalue weighted by molar-refractivity contribution is 0.104. The largest absolute Gasteiger partial charge is 0.550 e. The third-order valence-electron chi connectivity index (χ3n) is 4.44. The summed E-state index contributed by atoms with van der Waals surface area (Å²) in [6, 6.07) is 27.3. The van der Waals surface area contributed by atoms with E-state index in [-0.39, 0.29) is 12.7 Å². The van der Waals surface area contributed by atoms with Gasteiger partial charge in [-0.05, 0) is 35.2 Å². The molecule has 0 aliphatic heterocycles. The molecule has 2 N–H and O–H groups in total. The minimum atomic E-state index is -0.339. The highest BCUT2D eigenvalue weighted by atomic mass is 16.4. The summed E-state index contributed by atoms with van der Waals surface area (Å²) in [5.41, 5.74) is 3.29. The molecule has 2 heterocycles. The van der Waals surface area contributed by atoms with Gasteiger partial charge in [0.25, 0.3) is 0 Å². The third-order valence-corrected chi connectivity index (χ3v) is 4.44. The molecule has 28 heavy (non-hydrogen) atoms. The van der Waals surface area contributed by atoms with E-state index in [1.807, 2.05) is 79.0 Å². The number of aromatic amines is 2. The van der Waals surface area contributed by atoms with Crippen molar-refractivity contribution < 1.29 is 9.45 Å². The van der Waals surface area contributed by atoms with Gasteiger partial charge in [-0.3, -0.25) is 4.79 Å². The summed E-state index contributed by atoms with van der Waals surface area (Å²) in [6.45, 7) is -0.339. The number of allylic oxidation sites excluding steroid dienone is 1. The molecule has 0 aliphatic carbocycles. The zero-order valence-electron chi connectivity index (χ0n) is 15.2. The second-order valence-electron chi connectivity index (χ2n) is 6.36. The first-order chi connectivity index (χ1) is 13.8. The molecule has 0 amide bonds. The third kappa shape index (κ3) is 3.99. The number of aromatic nitrogens is 2. The molecule has 2 aromatic heterocycles. The zero-order valence-corrected chi connectivity index (χ0v) is 15.2. The number of ketones is 1. The van der Waals surface area contributed by atoms with Crippen molar-refractivity contribution in [3.63, 3.8) is 0 Å². The lowest BCUT2D eigenvalue weighted by atomic mass is 9.55. The van der Waals surface area contributed by atoms with E-state index < -0.39 is 0 Å². The van der Waals surface area contributed by atoms with Crippen LogP contribution in [0.4, 0.5) is 0 Å². The van der Waals surface area contributed by atoms with E-state index >= 15 is 0 Å². The van der Waals surface area contributed by atoms with Crippen LogP contribution in [0.3, 0.4) is 0 Å². The molecule has 0 saturated heterocycles. The number of rotatable bonds is 7. The maximum absolute atomic E-state index is 12.7. The predicted molar refractivity (Wildman–Crippen MR) is 113 cm³/mol. The Bertz CT molecular complexity index is 1000. The molecule has 0 radical (unpaired) electrons. The number of hydrogen-bond acceptors (Lipinski definition) is 2. The highest BCUT2D eigenvalue weighted by Crippen LogP contribution is 2.17. The van der Waals surface area contributed by atoms with Crippen LogP contribution in [0.15, 0.2) is 103 Å². The molecular weight excluding hydrogens is 347 g/mol. The van der Waals surface area contributed by atoms with Crippen molar-refractivity contribution in [2.24, 2.45) is 0 Å². The van der Waals surface area contributed by atoms with Crippen molar-refractivity contribution in [1.82, 2.24) is 9.97 Å². The number of carbonyl (C=O) groups excluding carboxylic acids is 1. The fourth-order valence-electron chi connectivity index (χ4n) is 3.05. The number of benzene rings is 2. The summed E-state index contributed by atoms with van der Waals surface area (Å²) in [6.07, 6.45) is 5.06. The van der Waals surface area contributed by atoms with Gasteiger partial charge in [0.05, 0.1) is 11.4 Å². The Morgan fingerprint density at radius 2 is 1.25 bits per heavy atom. The number of nitrogens with one attached hydrogen (secondary N) is 2. The Kier molecular flexibility index (Phi) is 5.25. The number of carbonyl (C=O) groups is 1. The summed E-state index contributed by atoms with van der Waals surface area (Å²) >= 11 is 0. The van der Waals surface area contributed by atoms with E-state index in [0.717, 1.165) is 16.6 Å². The van der Waals surface area contributed by atoms with Crippen molar-refractivity contribution in [3.05, 3.63) is 115 Å². The molecule has 0 aliphatic rings. The Balaban J connectivity index is 1.74. The highest BCUT2D eigenvalue weighted by molar-refractivity contribution is 6.80. The molecule has 0 fully saturated rings. The van der Waals surface area contributed by atoms with Crippen LogP contribution in [0, 0.1) is 0 Å². The zero-order chi connectivity index (χ0) is 19.2. The smallest absolute Gasteiger partial charge is 0.426 e. The first-order valence-corrected chi connectivity index (χ1v) is 9.11. The molecule has 2 aromatic carbocycles. The molecule has 0 unspecified atom stereocenters. The van der Waals surface area contributed by atoms with E-state index in [4.69, 9.17) is 4.65 Å². The van der Waals surface area contributed by atoms with E-state index in [2.05, 4.69) is 9.97 Å². The Morgan fingerprint density at radius 1 is 0.714 bits per heavy atom. The molecule has 136 valence electrons. The SMILES string of the molecule is O=C(/C=C(/OB(c1ccccc1)c1ccccc1)c1ccc[nH]1)c1ccc[nH]1. The summed E-state index contributed by atoms with van der Waals surface area (Å²) in [7, 11) is 0. The summed E-state index contributed by atoms with van der Waals surface area (Å²) in [5.74, 6) is 0.344. The van der Waals surface area contributed by atoms with Crippen molar-refractivity contribution in [3.8, 4) is 0 Å². The highest BCUT2D eigenvalue weighted by Gasteiger charge is 2.25. The average Bonchev–Trinajstić information content (AvgIpc) is 3.46. The van der Waals surface area contributed by atoms with Gasteiger partial charge in [0.15, 0.2) is 0 Å². The lowest BCUT2D eigenvalue weighted by Crippen LogP contribution is -2.44. The topological polar surface area (TPSA) is 57.9 Å². The van der Waals surface area contributed by atoms with Crippen LogP contribution in [0.25, 0.3) is 5.76 Å². The molecule has 0 saturated carbocycles. The van der Waals surface area contributed by atoms with Gasteiger partial charge in [-0.1, -0.05) is 60.7 Å². The second kappa shape index (κ2) is 8.31. The quantitative estimate of drug-likeness (QED) is 0.228. The van der Waals surface area contributed by atoms with E-state index in [1.54, 1.807) is 18.3 Å². The molecule has 0 spiro atoms. The summed E-state index contributed by atoms with van der Waals surface area (Å²) in [4.78, 5) is 18.7. The van der Waals surface area contributed by atoms with Gasteiger partial charge in [0.2, 0.25) is 5.78 Å². The van der Waals surface area contributed by atoms with E-state index in [1.165, 1.54) is 6.08 Å². The van der Waals surface area contributed by atoms with Gasteiger partial charge in [-0.25, -0.2) is 0 Å². The standard InChI is InChI=1S/C23H19BN2O2/c27-22(20-13-7-15-25-20)17-23(21-14-8-16-26-21)28-24(18-9-3-1-4-10-18)19-11-5-2-6-12-19/h1-17,25-26H/b23-17+. The van der Waals surface area contributed by atoms with E-state index in [0.29, 0.717) is 11.5 Å². The molecule has 4 nitrogen and oxygen atoms in total. The fraction of sp³-hybridized carbons (Fsp3) is 0. The van der Waals surface area contributed by atoms with E-state index in [9.17, 15) is 4.79 Å². The molecule has 0 bridgehead atoms. The first kappa shape index (κ1) is 17.7. The Labute approximate surface area is 164 Å². The van der Waals surface area contributed by atoms with Gasteiger partial charge in [-0.2, -0.15) is 0 Å². The van der Waals surface area contributed by atoms with Crippen molar-refractivity contribution >= 4 is 29.4 Å². The van der Waals surface area contributed by atoms with Crippen LogP contribution < -0.4 is 10.9 Å². The van der Waals surface area contributed by atoms with Crippen molar-refractivity contribution in [1.29, 1.82) is 0 Å². The van der Waals surface area contributed by atoms with Crippen LogP contribution in [0.2, 0.25) is 0 Å². The van der Waals surface area contributed by atoms with Crippen LogP contribution in [0.5, 0.6) is 0 Å². The molecule has 0 atom stereocenters. The summed E-state index contributed by atoms with van der Waals surface area (Å²) in [5, 5.41) is 0. The van der Waals surface area contributed by atoms with Crippen molar-refractivity contribution in [2.75, 3.05) is 0 Å². The predicted octanol–water partition coefficient (Wildman–Crippen LogP) is 3.39. The van der Waals surface area contributed by atoms with Crippen LogP contribution in [-0.4, -0.2) is 22.7 Å². The molecule has 4 rings (SSSR count). The van der Waals surface area contributed by atoms with Gasteiger partial charge >= 0.3 is 6.92 Å². The fourth-order valence-corrected chi connectivity index (χ4v) is 3.05. The van der Waals surface area contributed by atoms with Crippen LogP contribution >= 0.6 is 0 Å². The van der Waals surface area contributed by atoms with Crippen molar-refractivity contribution in [2.45, 2.75) is 0 Å². The number of hydrogen-bond donors (Lipinski definition) is 2. The van der Waals surface area contributed by atoms with Gasteiger partial charge in [0, 0.05) is 18.5 Å². The Morgan fingerprint density at radius 3 is 1.75 bits per heavy atom. The average molecular weight is 366 g/mol. The minimum Gasteiger partial charge on any atom is -0.550 e. The second-order valence-corrected chi connectivity index (χ2v) is 6.36. The van der Waals surface area contributed by atoms with Gasteiger partial charge in [-0.15, -0.1) is 0 Å². The monoisotopic (exact) mass is 366 g/mol. The Hall–Kier alpha value is -3.73. The maximum atomic E-state index is 12.7. The minimum absolute atomic E-state index is 0.144. The maximum Gasteiger partial charge on any atom is 0.426 e. The van der Waals surface area contributed by atoms with Gasteiger partial charge < -0.3 is 14.6 Å². The van der Waals surface area contributed by atoms with Gasteiger partial charge in [0.1, 0.15) is 5.76 Å². The van der Waals surface area contributed by atoms with Crippen LogP contribution in [-0.2, 0) is 4.65 Å². The number of H-pyrrole nitrogens is 2. The molecular formula is C23H19BN2O2. The lowest BCUT2D eigenvalue weighted by Gasteiger charge is -2.18. The normalized spacial score (nSPS) is 11.2. The summed E-state index contributed by atoms with van der Waals surface area (Å²) < 4.78 is 6.43. The van der Waals surface area contributed by atoms with Crippen LogP contribution in [0.1, 0.15) is 16.2 Å². The molecule has 4 aromatic rings.